The van der Waals surface area contributed by atoms with Crippen molar-refractivity contribution in [2.75, 3.05) is 0 Å². The third kappa shape index (κ3) is 2.66. The van der Waals surface area contributed by atoms with Gasteiger partial charge in [-0.25, -0.2) is 9.78 Å². The summed E-state index contributed by atoms with van der Waals surface area (Å²) < 4.78 is 5.78. The molecule has 1 N–H and O–H groups in total. The summed E-state index contributed by atoms with van der Waals surface area (Å²) in [5.74, 6) is -0.0752. The van der Waals surface area contributed by atoms with E-state index < -0.39 is 5.97 Å². The first-order valence-electron chi connectivity index (χ1n) is 6.19. The van der Waals surface area contributed by atoms with Crippen LogP contribution in [0.2, 0.25) is 5.02 Å². The van der Waals surface area contributed by atoms with Gasteiger partial charge >= 0.3 is 5.97 Å². The maximum Gasteiger partial charge on any atom is 0.354 e. The van der Waals surface area contributed by atoms with Gasteiger partial charge in [-0.2, -0.15) is 0 Å². The van der Waals surface area contributed by atoms with Crippen molar-refractivity contribution < 1.29 is 14.6 Å². The van der Waals surface area contributed by atoms with Crippen LogP contribution in [-0.4, -0.2) is 16.1 Å². The van der Waals surface area contributed by atoms with Gasteiger partial charge in [-0.05, 0) is 18.2 Å². The number of aromatic carboxylic acids is 1. The van der Waals surface area contributed by atoms with Gasteiger partial charge in [-0.3, -0.25) is 0 Å². The molecule has 0 radical (unpaired) electrons. The van der Waals surface area contributed by atoms with E-state index in [4.69, 9.17) is 21.4 Å². The molecule has 0 amide bonds. The summed E-state index contributed by atoms with van der Waals surface area (Å²) in [5, 5.41) is 11.3. The lowest BCUT2D eigenvalue weighted by molar-refractivity contribution is 0.0690. The van der Waals surface area contributed by atoms with Gasteiger partial charge in [-0.1, -0.05) is 35.9 Å². The van der Waals surface area contributed by atoms with Crippen LogP contribution >= 0.6 is 11.6 Å². The monoisotopic (exact) mass is 299 g/mol. The Labute approximate surface area is 125 Å². The van der Waals surface area contributed by atoms with Crippen molar-refractivity contribution in [3.05, 3.63) is 65.4 Å². The molecule has 0 saturated carbocycles. The molecule has 3 aromatic rings. The van der Waals surface area contributed by atoms with E-state index in [0.717, 1.165) is 10.8 Å². The standard InChI is InChI=1S/C16H10ClNO3/c17-13-5-6-15(12-4-2-1-3-11(12)13)21-10-7-8-18-14(9-10)16(19)20/h1-9H,(H,19,20). The molecule has 0 atom stereocenters. The second-order valence-electron chi connectivity index (χ2n) is 4.38. The molecule has 0 aliphatic carbocycles. The number of ether oxygens (including phenoxy) is 1. The van der Waals surface area contributed by atoms with E-state index in [0.29, 0.717) is 16.5 Å². The number of aromatic nitrogens is 1. The molecular weight excluding hydrogens is 290 g/mol. The number of benzene rings is 2. The van der Waals surface area contributed by atoms with Crippen LogP contribution < -0.4 is 4.74 Å². The van der Waals surface area contributed by atoms with E-state index in [2.05, 4.69) is 4.98 Å². The van der Waals surface area contributed by atoms with Crippen molar-refractivity contribution in [2.45, 2.75) is 0 Å². The van der Waals surface area contributed by atoms with Crippen molar-refractivity contribution in [1.29, 1.82) is 0 Å². The summed E-state index contributed by atoms with van der Waals surface area (Å²) in [5.41, 5.74) is -0.0641. The number of carboxylic acids is 1. The molecule has 0 spiro atoms. The lowest BCUT2D eigenvalue weighted by atomic mass is 10.1. The van der Waals surface area contributed by atoms with Crippen LogP contribution in [0.3, 0.4) is 0 Å². The number of hydrogen-bond acceptors (Lipinski definition) is 3. The van der Waals surface area contributed by atoms with Crippen LogP contribution in [0.1, 0.15) is 10.5 Å². The van der Waals surface area contributed by atoms with Gasteiger partial charge in [0, 0.05) is 28.1 Å². The van der Waals surface area contributed by atoms with E-state index in [1.165, 1.54) is 12.3 Å². The zero-order valence-electron chi connectivity index (χ0n) is 10.8. The molecule has 1 heterocycles. The summed E-state index contributed by atoms with van der Waals surface area (Å²) in [6.07, 6.45) is 1.40. The zero-order chi connectivity index (χ0) is 14.8. The molecule has 0 fully saturated rings. The smallest absolute Gasteiger partial charge is 0.354 e. The molecule has 0 aliphatic rings. The number of halogens is 1. The fourth-order valence-corrected chi connectivity index (χ4v) is 2.27. The van der Waals surface area contributed by atoms with Gasteiger partial charge in [0.25, 0.3) is 0 Å². The molecule has 5 heteroatoms. The van der Waals surface area contributed by atoms with Crippen LogP contribution in [0.5, 0.6) is 11.5 Å². The number of nitrogens with zero attached hydrogens (tertiary/aromatic N) is 1. The average molecular weight is 300 g/mol. The summed E-state index contributed by atoms with van der Waals surface area (Å²) in [4.78, 5) is 14.7. The minimum Gasteiger partial charge on any atom is -0.477 e. The van der Waals surface area contributed by atoms with Crippen molar-refractivity contribution in [2.24, 2.45) is 0 Å². The van der Waals surface area contributed by atoms with E-state index >= 15 is 0 Å². The second-order valence-corrected chi connectivity index (χ2v) is 4.78. The fraction of sp³-hybridized carbons (Fsp3) is 0. The number of fused-ring (bicyclic) bond motifs is 1. The van der Waals surface area contributed by atoms with E-state index in [9.17, 15) is 4.79 Å². The summed E-state index contributed by atoms with van der Waals surface area (Å²) >= 11 is 6.16. The van der Waals surface area contributed by atoms with E-state index in [1.807, 2.05) is 24.3 Å². The fourth-order valence-electron chi connectivity index (χ4n) is 2.04. The first-order valence-corrected chi connectivity index (χ1v) is 6.57. The Bertz CT molecular complexity index is 833. The van der Waals surface area contributed by atoms with Gasteiger partial charge in [0.15, 0.2) is 5.69 Å². The Kier molecular flexibility index (Phi) is 3.46. The normalized spacial score (nSPS) is 10.5. The number of pyridine rings is 1. The minimum absolute atomic E-state index is 0.0641. The summed E-state index contributed by atoms with van der Waals surface area (Å²) in [7, 11) is 0. The van der Waals surface area contributed by atoms with E-state index in [1.54, 1.807) is 18.2 Å². The Hall–Kier alpha value is -2.59. The highest BCUT2D eigenvalue weighted by Gasteiger charge is 2.09. The predicted octanol–water partition coefficient (Wildman–Crippen LogP) is 4.38. The van der Waals surface area contributed by atoms with E-state index in [-0.39, 0.29) is 5.69 Å². The van der Waals surface area contributed by atoms with Crippen molar-refractivity contribution >= 4 is 28.3 Å². The molecular formula is C16H10ClNO3. The zero-order valence-corrected chi connectivity index (χ0v) is 11.5. The molecule has 21 heavy (non-hydrogen) atoms. The van der Waals surface area contributed by atoms with Crippen molar-refractivity contribution in [3.63, 3.8) is 0 Å². The number of rotatable bonds is 3. The topological polar surface area (TPSA) is 59.4 Å². The maximum atomic E-state index is 10.9. The molecule has 0 saturated heterocycles. The molecule has 4 nitrogen and oxygen atoms in total. The molecule has 0 bridgehead atoms. The van der Waals surface area contributed by atoms with Crippen LogP contribution in [0.25, 0.3) is 10.8 Å². The Morgan fingerprint density at radius 2 is 1.86 bits per heavy atom. The maximum absolute atomic E-state index is 10.9. The Balaban J connectivity index is 2.04. The minimum atomic E-state index is -1.10. The quantitative estimate of drug-likeness (QED) is 0.779. The predicted molar refractivity (Wildman–Crippen MR) is 80.2 cm³/mol. The first-order chi connectivity index (χ1) is 10.1. The first kappa shape index (κ1) is 13.4. The number of hydrogen-bond donors (Lipinski definition) is 1. The molecule has 0 aliphatic heterocycles. The Morgan fingerprint density at radius 1 is 1.10 bits per heavy atom. The molecule has 1 aromatic heterocycles. The van der Waals surface area contributed by atoms with Crippen LogP contribution in [0.15, 0.2) is 54.7 Å². The molecule has 104 valence electrons. The highest BCUT2D eigenvalue weighted by Crippen LogP contribution is 2.33. The highest BCUT2D eigenvalue weighted by molar-refractivity contribution is 6.35. The van der Waals surface area contributed by atoms with Gasteiger partial charge < -0.3 is 9.84 Å². The van der Waals surface area contributed by atoms with Crippen molar-refractivity contribution in [3.8, 4) is 11.5 Å². The molecule has 0 unspecified atom stereocenters. The van der Waals surface area contributed by atoms with Gasteiger partial charge in [0.1, 0.15) is 11.5 Å². The van der Waals surface area contributed by atoms with Gasteiger partial charge in [0.05, 0.1) is 0 Å². The SMILES string of the molecule is O=C(O)c1cc(Oc2ccc(Cl)c3ccccc23)ccn1. The van der Waals surface area contributed by atoms with Gasteiger partial charge in [-0.15, -0.1) is 0 Å². The van der Waals surface area contributed by atoms with Crippen molar-refractivity contribution in [1.82, 2.24) is 4.98 Å². The third-order valence-corrected chi connectivity index (χ3v) is 3.34. The van der Waals surface area contributed by atoms with Crippen LogP contribution in [0, 0.1) is 0 Å². The number of carbonyl (C=O) groups is 1. The van der Waals surface area contributed by atoms with Crippen LogP contribution in [-0.2, 0) is 0 Å². The van der Waals surface area contributed by atoms with Crippen LogP contribution in [0.4, 0.5) is 0 Å². The second kappa shape index (κ2) is 5.42. The lowest BCUT2D eigenvalue weighted by Crippen LogP contribution is -1.99. The highest BCUT2D eigenvalue weighted by atomic mass is 35.5. The lowest BCUT2D eigenvalue weighted by Gasteiger charge is -2.10. The third-order valence-electron chi connectivity index (χ3n) is 3.01. The summed E-state index contributed by atoms with van der Waals surface area (Å²) in [6.45, 7) is 0. The largest absolute Gasteiger partial charge is 0.477 e. The number of carboxylic acid groups (broad SMARTS) is 1. The summed E-state index contributed by atoms with van der Waals surface area (Å²) in [6, 6.07) is 14.1. The Morgan fingerprint density at radius 3 is 2.62 bits per heavy atom. The molecule has 3 rings (SSSR count). The van der Waals surface area contributed by atoms with Gasteiger partial charge in [0.2, 0.25) is 0 Å². The molecule has 2 aromatic carbocycles. The average Bonchev–Trinajstić information content (AvgIpc) is 2.51.